The van der Waals surface area contributed by atoms with E-state index in [1.54, 1.807) is 11.3 Å². The van der Waals surface area contributed by atoms with Crippen LogP contribution >= 0.6 is 34.7 Å². The van der Waals surface area contributed by atoms with E-state index in [2.05, 4.69) is 40.6 Å². The van der Waals surface area contributed by atoms with Gasteiger partial charge in [0.1, 0.15) is 11.1 Å². The fraction of sp³-hybridized carbons (Fsp3) is 0.357. The standard InChI is InChI=1S/C28H27ClFNO3S2/c29-23-16-21(30)5-8-26(23)36-27-24(32)2-1-10-28(17-25(27)33,20-9-15-35-18-20)19-3-6-22(7-4-19)31-11-13-34-14-12-31/h3-9,15-16,18,27H,1-2,10-14,17H2. The smallest absolute Gasteiger partial charge is 0.154 e. The van der Waals surface area contributed by atoms with Gasteiger partial charge in [0.25, 0.3) is 0 Å². The summed E-state index contributed by atoms with van der Waals surface area (Å²) in [5.74, 6) is -0.655. The van der Waals surface area contributed by atoms with Crippen LogP contribution in [-0.2, 0) is 19.7 Å². The Hall–Kier alpha value is -2.19. The molecule has 2 fully saturated rings. The van der Waals surface area contributed by atoms with Crippen molar-refractivity contribution in [3.8, 4) is 0 Å². The van der Waals surface area contributed by atoms with E-state index < -0.39 is 16.5 Å². The van der Waals surface area contributed by atoms with Gasteiger partial charge in [-0.1, -0.05) is 23.7 Å². The molecule has 1 aromatic heterocycles. The van der Waals surface area contributed by atoms with Gasteiger partial charge in [0.05, 0.1) is 18.2 Å². The maximum absolute atomic E-state index is 13.8. The highest BCUT2D eigenvalue weighted by Crippen LogP contribution is 2.45. The molecular weight excluding hydrogens is 517 g/mol. The van der Waals surface area contributed by atoms with Crippen LogP contribution in [0.25, 0.3) is 0 Å². The van der Waals surface area contributed by atoms with Crippen molar-refractivity contribution in [2.45, 2.75) is 41.2 Å². The number of ketones is 2. The summed E-state index contributed by atoms with van der Waals surface area (Å²) in [6.45, 7) is 3.17. The Morgan fingerprint density at radius 1 is 1.03 bits per heavy atom. The number of ether oxygens (including phenoxy) is 1. The molecule has 2 atom stereocenters. The van der Waals surface area contributed by atoms with Gasteiger partial charge in [-0.25, -0.2) is 4.39 Å². The van der Waals surface area contributed by atoms with E-state index in [4.69, 9.17) is 16.3 Å². The Balaban J connectivity index is 1.47. The summed E-state index contributed by atoms with van der Waals surface area (Å²) in [6.07, 6.45) is 1.94. The molecule has 1 aliphatic carbocycles. The summed E-state index contributed by atoms with van der Waals surface area (Å²) in [6, 6.07) is 14.7. The van der Waals surface area contributed by atoms with Gasteiger partial charge in [0.15, 0.2) is 11.6 Å². The predicted molar refractivity (Wildman–Crippen MR) is 144 cm³/mol. The van der Waals surface area contributed by atoms with Crippen LogP contribution in [0.5, 0.6) is 0 Å². The van der Waals surface area contributed by atoms with Gasteiger partial charge in [-0.3, -0.25) is 9.59 Å². The summed E-state index contributed by atoms with van der Waals surface area (Å²) >= 11 is 8.99. The van der Waals surface area contributed by atoms with Crippen LogP contribution in [0, 0.1) is 5.82 Å². The highest BCUT2D eigenvalue weighted by molar-refractivity contribution is 8.01. The summed E-state index contributed by atoms with van der Waals surface area (Å²) in [5.41, 5.74) is 2.84. The summed E-state index contributed by atoms with van der Waals surface area (Å²) < 4.78 is 19.0. The highest BCUT2D eigenvalue weighted by Gasteiger charge is 2.42. The molecule has 1 aliphatic heterocycles. The fourth-order valence-electron chi connectivity index (χ4n) is 5.19. The number of carbonyl (C=O) groups is 2. The first-order valence-corrected chi connectivity index (χ1v) is 14.3. The van der Waals surface area contributed by atoms with E-state index in [0.717, 1.165) is 54.9 Å². The van der Waals surface area contributed by atoms with Crippen LogP contribution in [0.2, 0.25) is 5.02 Å². The van der Waals surface area contributed by atoms with Crippen LogP contribution in [0.1, 0.15) is 36.8 Å². The topological polar surface area (TPSA) is 46.6 Å². The number of thioether (sulfide) groups is 1. The first kappa shape index (κ1) is 25.5. The lowest BCUT2D eigenvalue weighted by Gasteiger charge is -2.37. The molecule has 5 rings (SSSR count). The first-order chi connectivity index (χ1) is 17.5. The number of morpholine rings is 1. The number of thiophene rings is 1. The van der Waals surface area contributed by atoms with Gasteiger partial charge >= 0.3 is 0 Å². The predicted octanol–water partition coefficient (Wildman–Crippen LogP) is 6.54. The molecule has 2 unspecified atom stereocenters. The molecule has 8 heteroatoms. The average Bonchev–Trinajstić information content (AvgIpc) is 3.43. The van der Waals surface area contributed by atoms with E-state index in [9.17, 15) is 14.0 Å². The zero-order valence-corrected chi connectivity index (χ0v) is 22.1. The van der Waals surface area contributed by atoms with Crippen LogP contribution in [0.4, 0.5) is 10.1 Å². The minimum Gasteiger partial charge on any atom is -0.378 e. The monoisotopic (exact) mass is 543 g/mol. The number of benzene rings is 2. The molecule has 36 heavy (non-hydrogen) atoms. The SMILES string of the molecule is O=C1CCCC(c2ccc(N3CCOCC3)cc2)(c2ccsc2)CC(=O)C1Sc1ccc(F)cc1Cl. The lowest BCUT2D eigenvalue weighted by Crippen LogP contribution is -2.39. The van der Waals surface area contributed by atoms with Crippen LogP contribution in [0.3, 0.4) is 0 Å². The second kappa shape index (κ2) is 11.1. The number of hydrogen-bond donors (Lipinski definition) is 0. The van der Waals surface area contributed by atoms with Crippen molar-refractivity contribution < 1.29 is 18.7 Å². The van der Waals surface area contributed by atoms with Crippen molar-refractivity contribution in [2.24, 2.45) is 0 Å². The van der Waals surface area contributed by atoms with Gasteiger partial charge in [-0.2, -0.15) is 11.3 Å². The number of carbonyl (C=O) groups excluding carboxylic acids is 2. The Morgan fingerprint density at radius 2 is 1.81 bits per heavy atom. The van der Waals surface area contributed by atoms with Crippen molar-refractivity contribution in [3.05, 3.63) is 81.3 Å². The molecule has 3 aromatic rings. The number of anilines is 1. The van der Waals surface area contributed by atoms with E-state index >= 15 is 0 Å². The molecule has 0 spiro atoms. The number of halogens is 2. The van der Waals surface area contributed by atoms with E-state index in [1.807, 2.05) is 5.38 Å². The van der Waals surface area contributed by atoms with Crippen molar-refractivity contribution in [3.63, 3.8) is 0 Å². The Labute approximate surface area is 223 Å². The Kier molecular flexibility index (Phi) is 7.82. The van der Waals surface area contributed by atoms with Crippen molar-refractivity contribution in [2.75, 3.05) is 31.2 Å². The van der Waals surface area contributed by atoms with Crippen LogP contribution < -0.4 is 4.90 Å². The highest BCUT2D eigenvalue weighted by atomic mass is 35.5. The lowest BCUT2D eigenvalue weighted by molar-refractivity contribution is -0.127. The van der Waals surface area contributed by atoms with Gasteiger partial charge in [0.2, 0.25) is 0 Å². The molecule has 0 N–H and O–H groups in total. The quantitative estimate of drug-likeness (QED) is 0.342. The molecule has 0 bridgehead atoms. The molecule has 2 heterocycles. The molecule has 1 saturated carbocycles. The molecule has 1 saturated heterocycles. The lowest BCUT2D eigenvalue weighted by atomic mass is 9.67. The van der Waals surface area contributed by atoms with Gasteiger partial charge in [-0.15, -0.1) is 11.8 Å². The van der Waals surface area contributed by atoms with E-state index in [0.29, 0.717) is 24.2 Å². The maximum atomic E-state index is 13.8. The van der Waals surface area contributed by atoms with Gasteiger partial charge in [-0.05, 0) is 71.1 Å². The zero-order chi connectivity index (χ0) is 25.1. The molecule has 188 valence electrons. The summed E-state index contributed by atoms with van der Waals surface area (Å²) in [7, 11) is 0. The average molecular weight is 544 g/mol. The van der Waals surface area contributed by atoms with Crippen LogP contribution in [0.15, 0.2) is 64.2 Å². The summed E-state index contributed by atoms with van der Waals surface area (Å²) in [4.78, 5) is 29.7. The van der Waals surface area contributed by atoms with Crippen molar-refractivity contribution in [1.82, 2.24) is 0 Å². The second-order valence-electron chi connectivity index (χ2n) is 9.28. The molecular formula is C28H27ClFNO3S2. The molecule has 4 nitrogen and oxygen atoms in total. The zero-order valence-electron chi connectivity index (χ0n) is 19.8. The molecule has 2 aliphatic rings. The number of Topliss-reactive ketones (excluding diaryl/α,β-unsaturated/α-hetero) is 2. The van der Waals surface area contributed by atoms with E-state index in [-0.39, 0.29) is 23.0 Å². The summed E-state index contributed by atoms with van der Waals surface area (Å²) in [5, 5.41) is 3.51. The Morgan fingerprint density at radius 3 is 2.50 bits per heavy atom. The molecule has 0 amide bonds. The largest absolute Gasteiger partial charge is 0.378 e. The van der Waals surface area contributed by atoms with Gasteiger partial charge < -0.3 is 9.64 Å². The fourth-order valence-corrected chi connectivity index (χ4v) is 7.28. The molecule has 2 aromatic carbocycles. The third kappa shape index (κ3) is 5.25. The normalized spacial score (nSPS) is 23.4. The van der Waals surface area contributed by atoms with Crippen molar-refractivity contribution >= 4 is 52.0 Å². The number of rotatable bonds is 5. The number of hydrogen-bond acceptors (Lipinski definition) is 6. The Bertz CT molecular complexity index is 1230. The third-order valence-corrected chi connectivity index (χ3v) is 9.58. The second-order valence-corrected chi connectivity index (χ2v) is 11.6. The maximum Gasteiger partial charge on any atom is 0.154 e. The van der Waals surface area contributed by atoms with Crippen molar-refractivity contribution in [1.29, 1.82) is 0 Å². The van der Waals surface area contributed by atoms with Crippen LogP contribution in [-0.4, -0.2) is 43.1 Å². The number of nitrogens with zero attached hydrogens (tertiary/aromatic N) is 1. The molecule has 0 radical (unpaired) electrons. The van der Waals surface area contributed by atoms with Gasteiger partial charge in [0, 0.05) is 41.9 Å². The minimum atomic E-state index is -0.862. The van der Waals surface area contributed by atoms with E-state index in [1.165, 1.54) is 18.2 Å². The minimum absolute atomic E-state index is 0.0908. The first-order valence-electron chi connectivity index (χ1n) is 12.1. The third-order valence-electron chi connectivity index (χ3n) is 7.10.